The van der Waals surface area contributed by atoms with Crippen molar-refractivity contribution < 1.29 is 4.74 Å². The summed E-state index contributed by atoms with van der Waals surface area (Å²) in [6.07, 6.45) is 4.03. The molecular formula is C13H11N3O. The summed E-state index contributed by atoms with van der Waals surface area (Å²) in [4.78, 5) is 7.99. The average Bonchev–Trinajstić information content (AvgIpc) is 2.40. The highest BCUT2D eigenvalue weighted by Gasteiger charge is 2.06. The van der Waals surface area contributed by atoms with Crippen LogP contribution in [-0.2, 0) is 6.42 Å². The van der Waals surface area contributed by atoms with Gasteiger partial charge < -0.3 is 4.74 Å². The second-order valence-electron chi connectivity index (χ2n) is 3.42. The summed E-state index contributed by atoms with van der Waals surface area (Å²) in [5.74, 6) is 0.692. The molecule has 17 heavy (non-hydrogen) atoms. The highest BCUT2D eigenvalue weighted by atomic mass is 16.5. The van der Waals surface area contributed by atoms with Gasteiger partial charge in [0.2, 0.25) is 0 Å². The number of benzene rings is 1. The molecule has 1 aromatic heterocycles. The first kappa shape index (κ1) is 11.1. The Bertz CT molecular complexity index is 546. The van der Waals surface area contributed by atoms with Gasteiger partial charge in [-0.05, 0) is 36.2 Å². The van der Waals surface area contributed by atoms with Gasteiger partial charge in [0.25, 0.3) is 0 Å². The van der Waals surface area contributed by atoms with Gasteiger partial charge in [-0.3, -0.25) is 0 Å². The molecule has 4 nitrogen and oxygen atoms in total. The second kappa shape index (κ2) is 5.08. The lowest BCUT2D eigenvalue weighted by Crippen LogP contribution is -1.94. The van der Waals surface area contributed by atoms with Gasteiger partial charge in [0.1, 0.15) is 5.75 Å². The number of hydrogen-bond donors (Lipinski definition) is 0. The molecule has 0 aliphatic heterocycles. The largest absolute Gasteiger partial charge is 0.424 e. The molecule has 0 aliphatic carbocycles. The maximum Gasteiger partial charge on any atom is 0.321 e. The van der Waals surface area contributed by atoms with E-state index in [-0.39, 0.29) is 0 Å². The molecule has 0 amide bonds. The van der Waals surface area contributed by atoms with E-state index in [9.17, 15) is 0 Å². The van der Waals surface area contributed by atoms with Crippen LogP contribution in [0.2, 0.25) is 0 Å². The zero-order valence-electron chi connectivity index (χ0n) is 9.42. The third kappa shape index (κ3) is 2.58. The molecule has 84 valence electrons. The highest BCUT2D eigenvalue weighted by molar-refractivity contribution is 5.42. The van der Waals surface area contributed by atoms with Crippen LogP contribution in [-0.4, -0.2) is 9.97 Å². The van der Waals surface area contributed by atoms with Crippen molar-refractivity contribution >= 4 is 0 Å². The smallest absolute Gasteiger partial charge is 0.321 e. The van der Waals surface area contributed by atoms with Crippen LogP contribution in [0.3, 0.4) is 0 Å². The molecule has 0 unspecified atom stereocenters. The lowest BCUT2D eigenvalue weighted by Gasteiger charge is -2.08. The van der Waals surface area contributed by atoms with E-state index in [0.717, 1.165) is 12.0 Å². The molecule has 2 aromatic rings. The molecule has 0 spiro atoms. The van der Waals surface area contributed by atoms with Crippen LogP contribution in [0.15, 0.2) is 36.7 Å². The van der Waals surface area contributed by atoms with E-state index in [4.69, 9.17) is 10.00 Å². The van der Waals surface area contributed by atoms with E-state index < -0.39 is 0 Å². The first-order valence-electron chi connectivity index (χ1n) is 5.31. The van der Waals surface area contributed by atoms with Crippen molar-refractivity contribution in [3.05, 3.63) is 47.8 Å². The Hall–Kier alpha value is -2.41. The number of nitriles is 1. The average molecular weight is 225 g/mol. The SMILES string of the molecule is CCc1cc(C#N)ccc1Oc1ncccn1. The fourth-order valence-corrected chi connectivity index (χ4v) is 1.46. The normalized spacial score (nSPS) is 9.65. The maximum atomic E-state index is 8.82. The number of ether oxygens (including phenoxy) is 1. The fraction of sp³-hybridized carbons (Fsp3) is 0.154. The molecule has 0 bridgehead atoms. The van der Waals surface area contributed by atoms with Crippen LogP contribution in [0.1, 0.15) is 18.1 Å². The second-order valence-corrected chi connectivity index (χ2v) is 3.42. The molecule has 0 N–H and O–H groups in total. The van der Waals surface area contributed by atoms with E-state index in [1.165, 1.54) is 0 Å². The summed E-state index contributed by atoms with van der Waals surface area (Å²) in [6.45, 7) is 2.01. The van der Waals surface area contributed by atoms with E-state index >= 15 is 0 Å². The van der Waals surface area contributed by atoms with Crippen LogP contribution < -0.4 is 4.74 Å². The molecule has 0 atom stereocenters. The topological polar surface area (TPSA) is 58.8 Å². The van der Waals surface area contributed by atoms with Gasteiger partial charge in [-0.1, -0.05) is 6.92 Å². The van der Waals surface area contributed by atoms with Crippen LogP contribution in [0.5, 0.6) is 11.8 Å². The number of hydrogen-bond acceptors (Lipinski definition) is 4. The van der Waals surface area contributed by atoms with Crippen molar-refractivity contribution in [3.63, 3.8) is 0 Å². The molecule has 1 heterocycles. The lowest BCUT2D eigenvalue weighted by atomic mass is 10.1. The van der Waals surface area contributed by atoms with E-state index in [2.05, 4.69) is 16.0 Å². The molecule has 0 fully saturated rings. The van der Waals surface area contributed by atoms with E-state index in [0.29, 0.717) is 17.3 Å². The minimum atomic E-state index is 0.312. The molecule has 4 heteroatoms. The Kier molecular flexibility index (Phi) is 3.31. The van der Waals surface area contributed by atoms with Gasteiger partial charge in [-0.15, -0.1) is 0 Å². The third-order valence-electron chi connectivity index (χ3n) is 2.31. The van der Waals surface area contributed by atoms with Crippen molar-refractivity contribution in [1.29, 1.82) is 5.26 Å². The first-order chi connectivity index (χ1) is 8.33. The molecule has 2 rings (SSSR count). The molecule has 0 saturated heterocycles. The fourth-order valence-electron chi connectivity index (χ4n) is 1.46. The zero-order valence-corrected chi connectivity index (χ0v) is 9.42. The summed E-state index contributed by atoms with van der Waals surface area (Å²) in [5.41, 5.74) is 1.60. The van der Waals surface area contributed by atoms with Crippen molar-refractivity contribution in [2.24, 2.45) is 0 Å². The maximum absolute atomic E-state index is 8.82. The van der Waals surface area contributed by atoms with Crippen molar-refractivity contribution in [3.8, 4) is 17.8 Å². The van der Waals surface area contributed by atoms with Gasteiger partial charge in [0.15, 0.2) is 0 Å². The molecule has 0 aliphatic rings. The van der Waals surface area contributed by atoms with E-state index in [1.54, 1.807) is 30.6 Å². The summed E-state index contributed by atoms with van der Waals surface area (Å²) in [7, 11) is 0. The number of aryl methyl sites for hydroxylation is 1. The Balaban J connectivity index is 2.30. The Morgan fingerprint density at radius 2 is 2.06 bits per heavy atom. The standard InChI is InChI=1S/C13H11N3O/c1-2-11-8-10(9-14)4-5-12(11)17-13-15-6-3-7-16-13/h3-8H,2H2,1H3. The Morgan fingerprint density at radius 1 is 1.29 bits per heavy atom. The van der Waals surface area contributed by atoms with Gasteiger partial charge in [0.05, 0.1) is 11.6 Å². The summed E-state index contributed by atoms with van der Waals surface area (Å²) >= 11 is 0. The van der Waals surface area contributed by atoms with Crippen LogP contribution in [0, 0.1) is 11.3 Å². The van der Waals surface area contributed by atoms with Gasteiger partial charge in [0, 0.05) is 12.4 Å². The van der Waals surface area contributed by atoms with Gasteiger partial charge in [-0.2, -0.15) is 5.26 Å². The van der Waals surface area contributed by atoms with Gasteiger partial charge >= 0.3 is 6.01 Å². The monoisotopic (exact) mass is 225 g/mol. The number of nitrogens with zero attached hydrogens (tertiary/aromatic N) is 3. The predicted molar refractivity (Wildman–Crippen MR) is 62.6 cm³/mol. The molecule has 0 saturated carbocycles. The van der Waals surface area contributed by atoms with E-state index in [1.807, 2.05) is 13.0 Å². The van der Waals surface area contributed by atoms with Crippen molar-refractivity contribution in [1.82, 2.24) is 9.97 Å². The first-order valence-corrected chi connectivity index (χ1v) is 5.31. The summed E-state index contributed by atoms with van der Waals surface area (Å²) in [6, 6.07) is 9.46. The van der Waals surface area contributed by atoms with Crippen molar-refractivity contribution in [2.45, 2.75) is 13.3 Å². The quantitative estimate of drug-likeness (QED) is 0.805. The number of rotatable bonds is 3. The Labute approximate surface area is 99.5 Å². The molecule has 1 aromatic carbocycles. The van der Waals surface area contributed by atoms with Gasteiger partial charge in [-0.25, -0.2) is 9.97 Å². The zero-order chi connectivity index (χ0) is 12.1. The van der Waals surface area contributed by atoms with Crippen LogP contribution >= 0.6 is 0 Å². The number of aromatic nitrogens is 2. The van der Waals surface area contributed by atoms with Crippen LogP contribution in [0.25, 0.3) is 0 Å². The summed E-state index contributed by atoms with van der Waals surface area (Å²) in [5, 5.41) is 8.82. The predicted octanol–water partition coefficient (Wildman–Crippen LogP) is 2.70. The minimum absolute atomic E-state index is 0.312. The minimum Gasteiger partial charge on any atom is -0.424 e. The third-order valence-corrected chi connectivity index (χ3v) is 2.31. The van der Waals surface area contributed by atoms with Crippen LogP contribution in [0.4, 0.5) is 0 Å². The summed E-state index contributed by atoms with van der Waals surface area (Å²) < 4.78 is 5.57. The molecular weight excluding hydrogens is 214 g/mol. The Morgan fingerprint density at radius 3 is 2.71 bits per heavy atom. The molecule has 0 radical (unpaired) electrons. The van der Waals surface area contributed by atoms with Crippen molar-refractivity contribution in [2.75, 3.05) is 0 Å². The lowest BCUT2D eigenvalue weighted by molar-refractivity contribution is 0.437. The highest BCUT2D eigenvalue weighted by Crippen LogP contribution is 2.24.